The third-order valence-electron chi connectivity index (χ3n) is 4.30. The number of pyridine rings is 1. The summed E-state index contributed by atoms with van der Waals surface area (Å²) in [7, 11) is 0. The maximum atomic E-state index is 11.0. The second-order valence-electron chi connectivity index (χ2n) is 5.43. The summed E-state index contributed by atoms with van der Waals surface area (Å²) in [6, 6.07) is 13.4. The minimum atomic E-state index is -0.649. The summed E-state index contributed by atoms with van der Waals surface area (Å²) < 4.78 is 5.50. The predicted molar refractivity (Wildman–Crippen MR) is 82.4 cm³/mol. The number of aliphatic hydroxyl groups excluding tert-OH is 1. The zero-order valence-corrected chi connectivity index (χ0v) is 12.5. The number of rotatable bonds is 3. The highest BCUT2D eigenvalue weighted by molar-refractivity contribution is 6.30. The van der Waals surface area contributed by atoms with Crippen LogP contribution in [0, 0.1) is 0 Å². The monoisotopic (exact) mass is 303 g/mol. The number of halogens is 1. The van der Waals surface area contributed by atoms with Gasteiger partial charge in [0.05, 0.1) is 5.69 Å². The Balaban J connectivity index is 2.02. The molecule has 1 saturated heterocycles. The molecule has 1 aliphatic heterocycles. The van der Waals surface area contributed by atoms with Crippen molar-refractivity contribution in [2.24, 2.45) is 0 Å². The van der Waals surface area contributed by atoms with Crippen molar-refractivity contribution in [3.05, 3.63) is 64.9 Å². The lowest BCUT2D eigenvalue weighted by Crippen LogP contribution is -2.40. The fraction of sp³-hybridized carbons (Fsp3) is 0.353. The molecule has 4 heteroatoms. The molecule has 21 heavy (non-hydrogen) atoms. The van der Waals surface area contributed by atoms with Crippen molar-refractivity contribution < 1.29 is 9.84 Å². The van der Waals surface area contributed by atoms with E-state index in [0.717, 1.165) is 18.4 Å². The van der Waals surface area contributed by atoms with Gasteiger partial charge >= 0.3 is 0 Å². The Morgan fingerprint density at radius 1 is 1.10 bits per heavy atom. The summed E-state index contributed by atoms with van der Waals surface area (Å²) in [4.78, 5) is 4.33. The smallest absolute Gasteiger partial charge is 0.106 e. The van der Waals surface area contributed by atoms with Gasteiger partial charge in [-0.25, -0.2) is 0 Å². The highest BCUT2D eigenvalue weighted by atomic mass is 35.5. The first-order chi connectivity index (χ1) is 10.2. The molecule has 0 aliphatic carbocycles. The molecule has 0 radical (unpaired) electrons. The van der Waals surface area contributed by atoms with E-state index >= 15 is 0 Å². The van der Waals surface area contributed by atoms with Crippen LogP contribution in [0.25, 0.3) is 0 Å². The number of hydrogen-bond donors (Lipinski definition) is 1. The Bertz CT molecular complexity index is 579. The van der Waals surface area contributed by atoms with Crippen molar-refractivity contribution in [2.45, 2.75) is 24.4 Å². The first kappa shape index (κ1) is 14.5. The van der Waals surface area contributed by atoms with Crippen LogP contribution in [0.5, 0.6) is 0 Å². The number of benzene rings is 1. The molecular weight excluding hydrogens is 286 g/mol. The molecule has 1 N–H and O–H groups in total. The van der Waals surface area contributed by atoms with Gasteiger partial charge in [0.25, 0.3) is 0 Å². The van der Waals surface area contributed by atoms with Crippen LogP contribution in [0.3, 0.4) is 0 Å². The molecular formula is C17H18ClNO2. The van der Waals surface area contributed by atoms with E-state index in [0.29, 0.717) is 23.9 Å². The van der Waals surface area contributed by atoms with Crippen LogP contribution in [-0.2, 0) is 10.2 Å². The van der Waals surface area contributed by atoms with E-state index < -0.39 is 6.10 Å². The molecule has 3 rings (SSSR count). The van der Waals surface area contributed by atoms with Crippen LogP contribution in [0.4, 0.5) is 0 Å². The van der Waals surface area contributed by atoms with Crippen molar-refractivity contribution in [1.29, 1.82) is 0 Å². The van der Waals surface area contributed by atoms with Crippen LogP contribution in [0.1, 0.15) is 30.2 Å². The summed E-state index contributed by atoms with van der Waals surface area (Å²) >= 11 is 5.99. The lowest BCUT2D eigenvalue weighted by molar-refractivity contribution is -0.0187. The van der Waals surface area contributed by atoms with Gasteiger partial charge in [-0.1, -0.05) is 29.8 Å². The lowest BCUT2D eigenvalue weighted by atomic mass is 9.69. The molecule has 3 nitrogen and oxygen atoms in total. The highest BCUT2D eigenvalue weighted by Crippen LogP contribution is 2.44. The lowest BCUT2D eigenvalue weighted by Gasteiger charge is -2.41. The summed E-state index contributed by atoms with van der Waals surface area (Å²) in [5, 5.41) is 11.7. The van der Waals surface area contributed by atoms with Gasteiger partial charge in [0.2, 0.25) is 0 Å². The van der Waals surface area contributed by atoms with E-state index in [2.05, 4.69) is 4.98 Å². The molecule has 110 valence electrons. The van der Waals surface area contributed by atoms with Gasteiger partial charge in [0, 0.05) is 29.8 Å². The largest absolute Gasteiger partial charge is 0.386 e. The third-order valence-corrected chi connectivity index (χ3v) is 4.55. The second-order valence-corrected chi connectivity index (χ2v) is 5.87. The summed E-state index contributed by atoms with van der Waals surface area (Å²) in [6.45, 7) is 1.29. The quantitative estimate of drug-likeness (QED) is 0.943. The van der Waals surface area contributed by atoms with Crippen molar-refractivity contribution in [3.63, 3.8) is 0 Å². The van der Waals surface area contributed by atoms with E-state index in [1.54, 1.807) is 6.20 Å². The Morgan fingerprint density at radius 2 is 1.81 bits per heavy atom. The van der Waals surface area contributed by atoms with E-state index in [4.69, 9.17) is 16.3 Å². The average Bonchev–Trinajstić information content (AvgIpc) is 2.56. The highest BCUT2D eigenvalue weighted by Gasteiger charge is 2.42. The first-order valence-electron chi connectivity index (χ1n) is 7.15. The van der Waals surface area contributed by atoms with Gasteiger partial charge in [-0.2, -0.15) is 0 Å². The molecule has 0 amide bonds. The van der Waals surface area contributed by atoms with Gasteiger partial charge in [0.15, 0.2) is 0 Å². The molecule has 2 aromatic rings. The van der Waals surface area contributed by atoms with Gasteiger partial charge < -0.3 is 9.84 Å². The standard InChI is InChI=1S/C17H18ClNO2/c18-14-6-4-13(5-7-14)17(8-11-21-12-9-17)16(20)15-3-1-2-10-19-15/h1-7,10,16,20H,8-9,11-12H2/t16-/m0/s1. The van der Waals surface area contributed by atoms with E-state index in [1.165, 1.54) is 0 Å². The number of hydrogen-bond acceptors (Lipinski definition) is 3. The first-order valence-corrected chi connectivity index (χ1v) is 7.53. The zero-order valence-electron chi connectivity index (χ0n) is 11.7. The van der Waals surface area contributed by atoms with Crippen LogP contribution in [0.15, 0.2) is 48.7 Å². The molecule has 0 unspecified atom stereocenters. The van der Waals surface area contributed by atoms with Crippen LogP contribution in [-0.4, -0.2) is 23.3 Å². The van der Waals surface area contributed by atoms with E-state index in [1.807, 2.05) is 42.5 Å². The van der Waals surface area contributed by atoms with Gasteiger partial charge in [-0.05, 0) is 42.7 Å². The summed E-state index contributed by atoms with van der Waals surface area (Å²) in [5.41, 5.74) is 1.43. The van der Waals surface area contributed by atoms with E-state index in [-0.39, 0.29) is 5.41 Å². The Morgan fingerprint density at radius 3 is 2.43 bits per heavy atom. The minimum Gasteiger partial charge on any atom is -0.386 e. The number of aliphatic hydroxyl groups is 1. The molecule has 1 fully saturated rings. The van der Waals surface area contributed by atoms with Crippen molar-refractivity contribution >= 4 is 11.6 Å². The molecule has 2 heterocycles. The maximum Gasteiger partial charge on any atom is 0.106 e. The maximum absolute atomic E-state index is 11.0. The van der Waals surface area contributed by atoms with Crippen LogP contribution >= 0.6 is 11.6 Å². The summed E-state index contributed by atoms with van der Waals surface area (Å²) in [5.74, 6) is 0. The fourth-order valence-corrected chi connectivity index (χ4v) is 3.18. The van der Waals surface area contributed by atoms with Crippen molar-refractivity contribution in [3.8, 4) is 0 Å². The normalized spacial score (nSPS) is 19.1. The number of aromatic nitrogens is 1. The molecule has 1 aromatic carbocycles. The number of nitrogens with zero attached hydrogens (tertiary/aromatic N) is 1. The van der Waals surface area contributed by atoms with Crippen LogP contribution in [0.2, 0.25) is 5.02 Å². The Labute approximate surface area is 129 Å². The zero-order chi connectivity index (χ0) is 14.7. The van der Waals surface area contributed by atoms with Gasteiger partial charge in [-0.15, -0.1) is 0 Å². The van der Waals surface area contributed by atoms with Crippen LogP contribution < -0.4 is 0 Å². The molecule has 0 bridgehead atoms. The van der Waals surface area contributed by atoms with Crippen molar-refractivity contribution in [1.82, 2.24) is 4.98 Å². The molecule has 0 saturated carbocycles. The molecule has 0 spiro atoms. The summed E-state index contributed by atoms with van der Waals surface area (Å²) in [6.07, 6.45) is 2.61. The molecule has 1 aromatic heterocycles. The van der Waals surface area contributed by atoms with E-state index in [9.17, 15) is 5.11 Å². The second kappa shape index (κ2) is 6.14. The van der Waals surface area contributed by atoms with Crippen molar-refractivity contribution in [2.75, 3.05) is 13.2 Å². The van der Waals surface area contributed by atoms with Gasteiger partial charge in [-0.3, -0.25) is 4.98 Å². The molecule has 1 aliphatic rings. The van der Waals surface area contributed by atoms with Gasteiger partial charge in [0.1, 0.15) is 6.10 Å². The molecule has 1 atom stereocenters. The minimum absolute atomic E-state index is 0.364. The predicted octanol–water partition coefficient (Wildman–Crippen LogP) is 3.52. The third kappa shape index (κ3) is 2.82. The Hall–Kier alpha value is -1.42. The number of ether oxygens (including phenoxy) is 1. The Kier molecular flexibility index (Phi) is 4.24. The average molecular weight is 304 g/mol. The SMILES string of the molecule is O[C@@H](c1ccccn1)C1(c2ccc(Cl)cc2)CCOCC1. The fourth-order valence-electron chi connectivity index (χ4n) is 3.06. The topological polar surface area (TPSA) is 42.4 Å².